The van der Waals surface area contributed by atoms with E-state index in [9.17, 15) is 9.90 Å². The largest absolute Gasteiger partial charge is 0.489 e. The maximum atomic E-state index is 12.8. The molecule has 1 fully saturated rings. The molecule has 2 aromatic carbocycles. The van der Waals surface area contributed by atoms with Crippen molar-refractivity contribution in [2.45, 2.75) is 25.2 Å². The van der Waals surface area contributed by atoms with Gasteiger partial charge in [0.15, 0.2) is 0 Å². The summed E-state index contributed by atoms with van der Waals surface area (Å²) in [5, 5.41) is 9.54. The summed E-state index contributed by atoms with van der Waals surface area (Å²) < 4.78 is 11.1. The Kier molecular flexibility index (Phi) is 5.68. The summed E-state index contributed by atoms with van der Waals surface area (Å²) in [7, 11) is 1.63. The zero-order chi connectivity index (χ0) is 17.6. The summed E-state index contributed by atoms with van der Waals surface area (Å²) in [6.07, 6.45) is 0.627. The normalized spacial score (nSPS) is 19.8. The number of aliphatic hydroxyl groups is 1. The molecular weight excluding hydrogens is 318 g/mol. The third-order valence-corrected chi connectivity index (χ3v) is 4.51. The van der Waals surface area contributed by atoms with E-state index in [-0.39, 0.29) is 24.7 Å². The topological polar surface area (TPSA) is 59.0 Å². The fourth-order valence-electron chi connectivity index (χ4n) is 3.09. The molecule has 5 nitrogen and oxygen atoms in total. The number of ether oxygens (including phenoxy) is 2. The minimum atomic E-state index is -0.202. The average molecular weight is 341 g/mol. The molecule has 3 rings (SSSR count). The lowest BCUT2D eigenvalue weighted by Crippen LogP contribution is -2.38. The Morgan fingerprint density at radius 1 is 1.20 bits per heavy atom. The Morgan fingerprint density at radius 2 is 2.00 bits per heavy atom. The van der Waals surface area contributed by atoms with Crippen molar-refractivity contribution in [2.75, 3.05) is 20.3 Å². The van der Waals surface area contributed by atoms with Crippen LogP contribution in [0.25, 0.3) is 0 Å². The van der Waals surface area contributed by atoms with Crippen molar-refractivity contribution < 1.29 is 19.4 Å². The molecule has 2 aromatic rings. The lowest BCUT2D eigenvalue weighted by atomic mass is 10.1. The standard InChI is InChI=1S/C20H23NO4/c1-24-19-11-17(13-22)21(12-19)20(23)16-8-5-9-18(10-16)25-14-15-6-3-2-4-7-15/h2-10,17,19,22H,11-14H2,1H3/t17-,19-/m0/s1. The van der Waals surface area contributed by atoms with Gasteiger partial charge in [0.25, 0.3) is 5.91 Å². The van der Waals surface area contributed by atoms with E-state index in [1.54, 1.807) is 24.1 Å². The van der Waals surface area contributed by atoms with Crippen LogP contribution in [-0.4, -0.2) is 48.3 Å². The van der Waals surface area contributed by atoms with E-state index < -0.39 is 0 Å². The van der Waals surface area contributed by atoms with Gasteiger partial charge in [0.1, 0.15) is 12.4 Å². The Labute approximate surface area is 147 Å². The number of carbonyl (C=O) groups excluding carboxylic acids is 1. The molecule has 0 radical (unpaired) electrons. The number of carbonyl (C=O) groups is 1. The van der Waals surface area contributed by atoms with Crippen LogP contribution in [0.4, 0.5) is 0 Å². The average Bonchev–Trinajstić information content (AvgIpc) is 3.10. The molecule has 1 aliphatic rings. The number of hydrogen-bond donors (Lipinski definition) is 1. The predicted molar refractivity (Wildman–Crippen MR) is 94.5 cm³/mol. The molecule has 1 saturated heterocycles. The van der Waals surface area contributed by atoms with Gasteiger partial charge in [-0.05, 0) is 30.2 Å². The number of hydrogen-bond acceptors (Lipinski definition) is 4. The zero-order valence-corrected chi connectivity index (χ0v) is 14.3. The molecule has 0 saturated carbocycles. The Bertz CT molecular complexity index is 704. The molecule has 0 aromatic heterocycles. The van der Waals surface area contributed by atoms with Crippen molar-refractivity contribution in [1.82, 2.24) is 4.90 Å². The first kappa shape index (κ1) is 17.5. The second kappa shape index (κ2) is 8.14. The number of rotatable bonds is 6. The molecule has 0 aliphatic carbocycles. The van der Waals surface area contributed by atoms with E-state index in [0.29, 0.717) is 30.9 Å². The van der Waals surface area contributed by atoms with Gasteiger partial charge in [-0.1, -0.05) is 36.4 Å². The van der Waals surface area contributed by atoms with E-state index in [1.165, 1.54) is 0 Å². The van der Waals surface area contributed by atoms with Crippen molar-refractivity contribution in [3.8, 4) is 5.75 Å². The highest BCUT2D eigenvalue weighted by Gasteiger charge is 2.35. The van der Waals surface area contributed by atoms with Crippen LogP contribution in [0.3, 0.4) is 0 Å². The lowest BCUT2D eigenvalue weighted by Gasteiger charge is -2.23. The maximum absolute atomic E-state index is 12.8. The SMILES string of the molecule is CO[C@H]1C[C@@H](CO)N(C(=O)c2cccc(OCc3ccccc3)c2)C1. The Morgan fingerprint density at radius 3 is 2.72 bits per heavy atom. The Balaban J connectivity index is 1.69. The molecule has 5 heteroatoms. The molecule has 0 spiro atoms. The highest BCUT2D eigenvalue weighted by atomic mass is 16.5. The van der Waals surface area contributed by atoms with Crippen molar-refractivity contribution in [3.05, 3.63) is 65.7 Å². The first-order chi connectivity index (χ1) is 12.2. The van der Waals surface area contributed by atoms with Crippen LogP contribution in [0.1, 0.15) is 22.3 Å². The highest BCUT2D eigenvalue weighted by Crippen LogP contribution is 2.24. The van der Waals surface area contributed by atoms with Gasteiger partial charge >= 0.3 is 0 Å². The first-order valence-corrected chi connectivity index (χ1v) is 8.42. The molecule has 1 N–H and O–H groups in total. The van der Waals surface area contributed by atoms with Gasteiger partial charge in [0.2, 0.25) is 0 Å². The van der Waals surface area contributed by atoms with Gasteiger partial charge in [-0.15, -0.1) is 0 Å². The van der Waals surface area contributed by atoms with Gasteiger partial charge in [0, 0.05) is 19.2 Å². The number of benzene rings is 2. The van der Waals surface area contributed by atoms with Crippen molar-refractivity contribution in [1.29, 1.82) is 0 Å². The van der Waals surface area contributed by atoms with Crippen LogP contribution in [0, 0.1) is 0 Å². The number of aliphatic hydroxyl groups excluding tert-OH is 1. The van der Waals surface area contributed by atoms with Crippen LogP contribution >= 0.6 is 0 Å². The molecule has 2 atom stereocenters. The van der Waals surface area contributed by atoms with Crippen molar-refractivity contribution in [3.63, 3.8) is 0 Å². The summed E-state index contributed by atoms with van der Waals surface area (Å²) in [6, 6.07) is 16.9. The minimum Gasteiger partial charge on any atom is -0.489 e. The quantitative estimate of drug-likeness (QED) is 0.877. The second-order valence-electron chi connectivity index (χ2n) is 6.19. The molecular formula is C20H23NO4. The third kappa shape index (κ3) is 4.18. The van der Waals surface area contributed by atoms with Crippen LogP contribution in [-0.2, 0) is 11.3 Å². The van der Waals surface area contributed by atoms with E-state index in [1.807, 2.05) is 42.5 Å². The monoisotopic (exact) mass is 341 g/mol. The smallest absolute Gasteiger partial charge is 0.254 e. The fraction of sp³-hybridized carbons (Fsp3) is 0.350. The van der Waals surface area contributed by atoms with Crippen LogP contribution in [0.2, 0.25) is 0 Å². The Hall–Kier alpha value is -2.37. The van der Waals surface area contributed by atoms with Gasteiger partial charge < -0.3 is 19.5 Å². The van der Waals surface area contributed by atoms with E-state index in [2.05, 4.69) is 0 Å². The van der Waals surface area contributed by atoms with Gasteiger partial charge in [0.05, 0.1) is 18.8 Å². The first-order valence-electron chi connectivity index (χ1n) is 8.42. The van der Waals surface area contributed by atoms with Crippen LogP contribution in [0.5, 0.6) is 5.75 Å². The molecule has 1 heterocycles. The summed E-state index contributed by atoms with van der Waals surface area (Å²) in [5.41, 5.74) is 1.63. The molecule has 1 amide bonds. The summed E-state index contributed by atoms with van der Waals surface area (Å²) in [5.74, 6) is 0.543. The molecule has 0 bridgehead atoms. The molecule has 132 valence electrons. The number of amides is 1. The number of nitrogens with zero attached hydrogens (tertiary/aromatic N) is 1. The molecule has 25 heavy (non-hydrogen) atoms. The summed E-state index contributed by atoms with van der Waals surface area (Å²) in [6.45, 7) is 0.888. The van der Waals surface area contributed by atoms with Crippen molar-refractivity contribution >= 4 is 5.91 Å². The van der Waals surface area contributed by atoms with E-state index in [4.69, 9.17) is 9.47 Å². The van der Waals surface area contributed by atoms with Gasteiger partial charge in [-0.25, -0.2) is 0 Å². The second-order valence-corrected chi connectivity index (χ2v) is 6.19. The van der Waals surface area contributed by atoms with Gasteiger partial charge in [-0.2, -0.15) is 0 Å². The lowest BCUT2D eigenvalue weighted by molar-refractivity contribution is 0.0647. The maximum Gasteiger partial charge on any atom is 0.254 e. The van der Waals surface area contributed by atoms with E-state index >= 15 is 0 Å². The van der Waals surface area contributed by atoms with Crippen LogP contribution in [0.15, 0.2) is 54.6 Å². The molecule has 0 unspecified atom stereocenters. The summed E-state index contributed by atoms with van der Waals surface area (Å²) >= 11 is 0. The predicted octanol–water partition coefficient (Wildman–Crippen LogP) is 2.49. The van der Waals surface area contributed by atoms with Gasteiger partial charge in [-0.3, -0.25) is 4.79 Å². The minimum absolute atomic E-state index is 0.0291. The van der Waals surface area contributed by atoms with Crippen LogP contribution < -0.4 is 4.74 Å². The zero-order valence-electron chi connectivity index (χ0n) is 14.3. The fourth-order valence-corrected chi connectivity index (χ4v) is 3.09. The highest BCUT2D eigenvalue weighted by molar-refractivity contribution is 5.95. The van der Waals surface area contributed by atoms with Crippen molar-refractivity contribution in [2.24, 2.45) is 0 Å². The third-order valence-electron chi connectivity index (χ3n) is 4.51. The molecule has 1 aliphatic heterocycles. The number of methoxy groups -OCH3 is 1. The summed E-state index contributed by atoms with van der Waals surface area (Å²) in [4.78, 5) is 14.5. The van der Waals surface area contributed by atoms with E-state index in [0.717, 1.165) is 5.56 Å². The number of likely N-dealkylation sites (tertiary alicyclic amines) is 1.